The molecule has 1 aromatic heterocycles. The molecule has 0 fully saturated rings. The zero-order chi connectivity index (χ0) is 25.5. The number of amides is 2. The van der Waals surface area contributed by atoms with Gasteiger partial charge in [-0.2, -0.15) is 5.10 Å². The predicted octanol–water partition coefficient (Wildman–Crippen LogP) is 4.22. The van der Waals surface area contributed by atoms with Gasteiger partial charge in [0.25, 0.3) is 0 Å². The number of benzene rings is 2. The van der Waals surface area contributed by atoms with E-state index in [-0.39, 0.29) is 19.0 Å². The van der Waals surface area contributed by atoms with Crippen molar-refractivity contribution in [2.45, 2.75) is 32.8 Å². The highest BCUT2D eigenvalue weighted by Gasteiger charge is 2.29. The molecular formula is C26H24FN3O5S. The lowest BCUT2D eigenvalue weighted by Crippen LogP contribution is -2.32. The van der Waals surface area contributed by atoms with Gasteiger partial charge < -0.3 is 14.8 Å². The Hall–Kier alpha value is -4.05. The van der Waals surface area contributed by atoms with Gasteiger partial charge in [0.05, 0.1) is 18.4 Å². The average molecular weight is 510 g/mol. The van der Waals surface area contributed by atoms with Crippen LogP contribution in [-0.4, -0.2) is 30.6 Å². The SMILES string of the molecule is CCOC(=O)c1c(NC(=O)C(=O)N/N=C/c2cccc(OCc3ccccc3F)c2)sc2c1CCC2. The summed E-state index contributed by atoms with van der Waals surface area (Å²) in [6, 6.07) is 13.2. The average Bonchev–Trinajstić information content (AvgIpc) is 3.45. The van der Waals surface area contributed by atoms with E-state index in [4.69, 9.17) is 9.47 Å². The highest BCUT2D eigenvalue weighted by Crippen LogP contribution is 2.39. The Morgan fingerprint density at radius 1 is 1.11 bits per heavy atom. The van der Waals surface area contributed by atoms with E-state index in [0.29, 0.717) is 27.4 Å². The van der Waals surface area contributed by atoms with Gasteiger partial charge in [-0.25, -0.2) is 14.6 Å². The van der Waals surface area contributed by atoms with Crippen LogP contribution in [0.4, 0.5) is 9.39 Å². The van der Waals surface area contributed by atoms with Gasteiger partial charge in [0.2, 0.25) is 0 Å². The van der Waals surface area contributed by atoms with Crippen molar-refractivity contribution in [3.8, 4) is 5.75 Å². The molecule has 0 saturated heterocycles. The van der Waals surface area contributed by atoms with Crippen molar-refractivity contribution in [1.82, 2.24) is 5.43 Å². The minimum absolute atomic E-state index is 0.0596. The van der Waals surface area contributed by atoms with E-state index in [1.165, 1.54) is 23.6 Å². The molecule has 0 radical (unpaired) electrons. The molecule has 0 unspecified atom stereocenters. The maximum atomic E-state index is 13.8. The molecule has 4 rings (SSSR count). The summed E-state index contributed by atoms with van der Waals surface area (Å²) in [6.45, 7) is 1.98. The van der Waals surface area contributed by atoms with Crippen molar-refractivity contribution in [2.24, 2.45) is 5.10 Å². The number of esters is 1. The van der Waals surface area contributed by atoms with E-state index in [1.54, 1.807) is 49.4 Å². The lowest BCUT2D eigenvalue weighted by Gasteiger charge is -2.08. The van der Waals surface area contributed by atoms with Crippen molar-refractivity contribution in [3.05, 3.63) is 81.5 Å². The second kappa shape index (κ2) is 11.6. The van der Waals surface area contributed by atoms with Gasteiger partial charge in [0.1, 0.15) is 23.2 Å². The minimum atomic E-state index is -0.985. The Morgan fingerprint density at radius 2 is 1.94 bits per heavy atom. The van der Waals surface area contributed by atoms with Gasteiger partial charge >= 0.3 is 17.8 Å². The number of hydrazone groups is 1. The molecule has 0 aliphatic heterocycles. The zero-order valence-electron chi connectivity index (χ0n) is 19.5. The first-order valence-electron chi connectivity index (χ1n) is 11.4. The maximum absolute atomic E-state index is 13.8. The van der Waals surface area contributed by atoms with Crippen LogP contribution in [0.25, 0.3) is 0 Å². The molecule has 8 nitrogen and oxygen atoms in total. The van der Waals surface area contributed by atoms with E-state index in [1.807, 2.05) is 0 Å². The van der Waals surface area contributed by atoms with Gasteiger partial charge in [-0.05, 0) is 55.5 Å². The van der Waals surface area contributed by atoms with E-state index in [9.17, 15) is 18.8 Å². The Balaban J connectivity index is 1.34. The molecular weight excluding hydrogens is 485 g/mol. The normalized spacial score (nSPS) is 12.3. The van der Waals surface area contributed by atoms with Gasteiger partial charge in [0.15, 0.2) is 0 Å². The standard InChI is InChI=1S/C26H24FN3O5S/c1-2-34-26(33)22-19-10-6-12-21(19)36-25(22)29-23(31)24(32)30-28-14-16-7-5-9-18(13-16)35-15-17-8-3-4-11-20(17)27/h3-5,7-9,11,13-14H,2,6,10,12,15H2,1H3,(H,29,31)(H,30,32)/b28-14+. The number of fused-ring (bicyclic) bond motifs is 1. The third-order valence-electron chi connectivity index (χ3n) is 5.42. The number of rotatable bonds is 8. The van der Waals surface area contributed by atoms with Crippen LogP contribution in [0.3, 0.4) is 0 Å². The Morgan fingerprint density at radius 3 is 2.75 bits per heavy atom. The number of ether oxygens (including phenoxy) is 2. The first kappa shape index (κ1) is 25.1. The predicted molar refractivity (Wildman–Crippen MR) is 134 cm³/mol. The van der Waals surface area contributed by atoms with Crippen LogP contribution in [0.5, 0.6) is 5.75 Å². The fourth-order valence-electron chi connectivity index (χ4n) is 3.75. The molecule has 10 heteroatoms. The molecule has 0 saturated carbocycles. The van der Waals surface area contributed by atoms with Crippen molar-refractivity contribution in [1.29, 1.82) is 0 Å². The lowest BCUT2D eigenvalue weighted by molar-refractivity contribution is -0.136. The number of halogens is 1. The number of nitrogens with zero attached hydrogens (tertiary/aromatic N) is 1. The van der Waals surface area contributed by atoms with Crippen molar-refractivity contribution >= 4 is 40.3 Å². The summed E-state index contributed by atoms with van der Waals surface area (Å²) in [7, 11) is 0. The molecule has 0 spiro atoms. The van der Waals surface area contributed by atoms with Crippen molar-refractivity contribution in [2.75, 3.05) is 11.9 Å². The third-order valence-corrected chi connectivity index (χ3v) is 6.63. The van der Waals surface area contributed by atoms with E-state index in [2.05, 4.69) is 15.8 Å². The molecule has 1 aliphatic rings. The molecule has 3 aromatic rings. The van der Waals surface area contributed by atoms with Crippen molar-refractivity contribution in [3.63, 3.8) is 0 Å². The summed E-state index contributed by atoms with van der Waals surface area (Å²) in [5, 5.41) is 6.65. The monoisotopic (exact) mass is 509 g/mol. The fourth-order valence-corrected chi connectivity index (χ4v) is 5.02. The van der Waals surface area contributed by atoms with E-state index >= 15 is 0 Å². The van der Waals surface area contributed by atoms with Gasteiger partial charge in [0, 0.05) is 10.4 Å². The molecule has 1 aliphatic carbocycles. The van der Waals surface area contributed by atoms with Gasteiger partial charge in [-0.1, -0.05) is 30.3 Å². The Kier molecular flexibility index (Phi) is 8.06. The largest absolute Gasteiger partial charge is 0.489 e. The molecule has 2 N–H and O–H groups in total. The third kappa shape index (κ3) is 5.95. The molecule has 1 heterocycles. The van der Waals surface area contributed by atoms with Crippen LogP contribution in [-0.2, 0) is 33.8 Å². The maximum Gasteiger partial charge on any atom is 0.341 e. The van der Waals surface area contributed by atoms with Crippen LogP contribution >= 0.6 is 11.3 Å². The zero-order valence-corrected chi connectivity index (χ0v) is 20.3. The second-order valence-electron chi connectivity index (χ2n) is 7.89. The Labute approximate surface area is 211 Å². The summed E-state index contributed by atoms with van der Waals surface area (Å²) in [5.41, 5.74) is 4.41. The number of aryl methyl sites for hydroxylation is 1. The smallest absolute Gasteiger partial charge is 0.341 e. The van der Waals surface area contributed by atoms with Gasteiger partial charge in [-0.15, -0.1) is 11.3 Å². The van der Waals surface area contributed by atoms with Crippen molar-refractivity contribution < 1.29 is 28.2 Å². The second-order valence-corrected chi connectivity index (χ2v) is 8.99. The summed E-state index contributed by atoms with van der Waals surface area (Å²) in [4.78, 5) is 38.1. The summed E-state index contributed by atoms with van der Waals surface area (Å²) < 4.78 is 24.5. The Bertz CT molecular complexity index is 1320. The number of hydrogen-bond donors (Lipinski definition) is 2. The van der Waals surface area contributed by atoms with E-state index < -0.39 is 17.8 Å². The van der Waals surface area contributed by atoms with Crippen LogP contribution in [0, 0.1) is 5.82 Å². The molecule has 0 bridgehead atoms. The van der Waals surface area contributed by atoms with Crippen LogP contribution in [0.1, 0.15) is 45.3 Å². The summed E-state index contributed by atoms with van der Waals surface area (Å²) >= 11 is 1.29. The fraction of sp³-hybridized carbons (Fsp3) is 0.231. The van der Waals surface area contributed by atoms with Crippen LogP contribution in [0.15, 0.2) is 53.6 Å². The summed E-state index contributed by atoms with van der Waals surface area (Å²) in [5.74, 6) is -2.30. The number of nitrogens with one attached hydrogen (secondary N) is 2. The minimum Gasteiger partial charge on any atom is -0.489 e. The quantitative estimate of drug-likeness (QED) is 0.205. The number of carbonyl (C=O) groups excluding carboxylic acids is 3. The first-order chi connectivity index (χ1) is 17.5. The first-order valence-corrected chi connectivity index (χ1v) is 12.2. The lowest BCUT2D eigenvalue weighted by atomic mass is 10.1. The van der Waals surface area contributed by atoms with Crippen LogP contribution in [0.2, 0.25) is 0 Å². The number of carbonyl (C=O) groups is 3. The van der Waals surface area contributed by atoms with Crippen LogP contribution < -0.4 is 15.5 Å². The molecule has 186 valence electrons. The topological polar surface area (TPSA) is 106 Å². The molecule has 0 atom stereocenters. The highest BCUT2D eigenvalue weighted by atomic mass is 32.1. The van der Waals surface area contributed by atoms with Gasteiger partial charge in [-0.3, -0.25) is 9.59 Å². The number of hydrogen-bond acceptors (Lipinski definition) is 7. The number of thiophene rings is 1. The molecule has 36 heavy (non-hydrogen) atoms. The van der Waals surface area contributed by atoms with E-state index in [0.717, 1.165) is 29.7 Å². The number of anilines is 1. The summed E-state index contributed by atoms with van der Waals surface area (Å²) in [6.07, 6.45) is 3.84. The highest BCUT2D eigenvalue weighted by molar-refractivity contribution is 7.17. The molecule has 2 aromatic carbocycles. The molecule has 2 amide bonds.